The van der Waals surface area contributed by atoms with Crippen LogP contribution in [-0.4, -0.2) is 51.3 Å². The van der Waals surface area contributed by atoms with Crippen LogP contribution < -0.4 is 11.1 Å². The molecule has 8 heteroatoms. The summed E-state index contributed by atoms with van der Waals surface area (Å²) >= 11 is 0. The number of hydrogen-bond acceptors (Lipinski definition) is 4. The SMILES string of the molecule is CCN1CCCC1CNC(N)=NCc1nnc2n1CCCCC2.I. The highest BCUT2D eigenvalue weighted by molar-refractivity contribution is 14.0. The van der Waals surface area contributed by atoms with Crippen molar-refractivity contribution in [3.05, 3.63) is 11.6 Å². The van der Waals surface area contributed by atoms with Gasteiger partial charge in [-0.15, -0.1) is 34.2 Å². The first kappa shape index (κ1) is 19.4. The summed E-state index contributed by atoms with van der Waals surface area (Å²) < 4.78 is 2.22. The fraction of sp³-hybridized carbons (Fsp3) is 0.812. The molecule has 0 radical (unpaired) electrons. The van der Waals surface area contributed by atoms with Gasteiger partial charge >= 0.3 is 0 Å². The van der Waals surface area contributed by atoms with E-state index >= 15 is 0 Å². The molecule has 2 aliphatic heterocycles. The van der Waals surface area contributed by atoms with Crippen LogP contribution in [0.15, 0.2) is 4.99 Å². The Kier molecular flexibility index (Phi) is 7.73. The molecule has 1 fully saturated rings. The predicted molar refractivity (Wildman–Crippen MR) is 107 cm³/mol. The monoisotopic (exact) mass is 447 g/mol. The normalized spacial score (nSPS) is 21.9. The fourth-order valence-electron chi connectivity index (χ4n) is 3.64. The number of aromatic nitrogens is 3. The van der Waals surface area contributed by atoms with Crippen LogP contribution in [0.4, 0.5) is 0 Å². The van der Waals surface area contributed by atoms with Gasteiger partial charge in [0.05, 0.1) is 0 Å². The molecule has 0 amide bonds. The number of halogens is 1. The summed E-state index contributed by atoms with van der Waals surface area (Å²) in [4.78, 5) is 6.96. The van der Waals surface area contributed by atoms with Crippen molar-refractivity contribution in [3.63, 3.8) is 0 Å². The molecule has 136 valence electrons. The van der Waals surface area contributed by atoms with Gasteiger partial charge in [-0.3, -0.25) is 4.90 Å². The molecule has 0 saturated carbocycles. The number of hydrogen-bond donors (Lipinski definition) is 2. The Labute approximate surface area is 161 Å². The minimum Gasteiger partial charge on any atom is -0.370 e. The maximum atomic E-state index is 6.03. The van der Waals surface area contributed by atoms with E-state index in [1.807, 2.05) is 0 Å². The maximum Gasteiger partial charge on any atom is 0.189 e. The minimum absolute atomic E-state index is 0. The van der Waals surface area contributed by atoms with Crippen LogP contribution >= 0.6 is 24.0 Å². The Hall–Kier alpha value is -0.900. The number of nitrogens with one attached hydrogen (secondary N) is 1. The Balaban J connectivity index is 0.00000208. The van der Waals surface area contributed by atoms with Gasteiger partial charge in [0.25, 0.3) is 0 Å². The molecular formula is C16H30IN7. The Morgan fingerprint density at radius 3 is 2.96 bits per heavy atom. The van der Waals surface area contributed by atoms with Gasteiger partial charge in [0, 0.05) is 25.6 Å². The first-order chi connectivity index (χ1) is 11.3. The van der Waals surface area contributed by atoms with Crippen molar-refractivity contribution in [2.75, 3.05) is 19.6 Å². The van der Waals surface area contributed by atoms with Crippen molar-refractivity contribution in [2.45, 2.75) is 64.6 Å². The van der Waals surface area contributed by atoms with Gasteiger partial charge in [-0.1, -0.05) is 13.3 Å². The van der Waals surface area contributed by atoms with E-state index in [0.717, 1.165) is 37.7 Å². The highest BCUT2D eigenvalue weighted by Crippen LogP contribution is 2.16. The Bertz CT molecular complexity index is 543. The van der Waals surface area contributed by atoms with Crippen molar-refractivity contribution >= 4 is 29.9 Å². The average molecular weight is 447 g/mol. The number of nitrogens with zero attached hydrogens (tertiary/aromatic N) is 5. The summed E-state index contributed by atoms with van der Waals surface area (Å²) in [5.74, 6) is 2.55. The molecule has 2 aliphatic rings. The first-order valence-corrected chi connectivity index (χ1v) is 8.96. The molecule has 0 bridgehead atoms. The van der Waals surface area contributed by atoms with Crippen molar-refractivity contribution in [1.82, 2.24) is 25.0 Å². The van der Waals surface area contributed by atoms with E-state index in [-0.39, 0.29) is 24.0 Å². The summed E-state index contributed by atoms with van der Waals surface area (Å²) in [6, 6.07) is 0.582. The summed E-state index contributed by atoms with van der Waals surface area (Å²) in [5.41, 5.74) is 6.03. The minimum atomic E-state index is 0. The van der Waals surface area contributed by atoms with E-state index in [1.165, 1.54) is 38.6 Å². The molecule has 0 aliphatic carbocycles. The molecule has 3 N–H and O–H groups in total. The van der Waals surface area contributed by atoms with Crippen molar-refractivity contribution in [2.24, 2.45) is 10.7 Å². The summed E-state index contributed by atoms with van der Waals surface area (Å²) in [6.45, 7) is 6.91. The third-order valence-electron chi connectivity index (χ3n) is 5.00. The lowest BCUT2D eigenvalue weighted by Gasteiger charge is -2.23. The number of aliphatic imine (C=N–C) groups is 1. The van der Waals surface area contributed by atoms with Gasteiger partial charge < -0.3 is 15.6 Å². The van der Waals surface area contributed by atoms with E-state index in [2.05, 4.69) is 36.9 Å². The molecule has 1 aromatic heterocycles. The van der Waals surface area contributed by atoms with E-state index in [4.69, 9.17) is 5.73 Å². The highest BCUT2D eigenvalue weighted by Gasteiger charge is 2.22. The van der Waals surface area contributed by atoms with Gasteiger partial charge in [-0.2, -0.15) is 0 Å². The van der Waals surface area contributed by atoms with Gasteiger partial charge in [0.15, 0.2) is 11.8 Å². The molecule has 1 atom stereocenters. The topological polar surface area (TPSA) is 84.4 Å². The van der Waals surface area contributed by atoms with Crippen molar-refractivity contribution in [1.29, 1.82) is 0 Å². The molecule has 3 rings (SSSR count). The molecule has 7 nitrogen and oxygen atoms in total. The largest absolute Gasteiger partial charge is 0.370 e. The lowest BCUT2D eigenvalue weighted by Crippen LogP contribution is -2.42. The molecule has 24 heavy (non-hydrogen) atoms. The summed E-state index contributed by atoms with van der Waals surface area (Å²) in [6.07, 6.45) is 7.23. The van der Waals surface area contributed by atoms with Gasteiger partial charge in [0.2, 0.25) is 0 Å². The fourth-order valence-corrected chi connectivity index (χ4v) is 3.64. The number of likely N-dealkylation sites (tertiary alicyclic amines) is 1. The zero-order chi connectivity index (χ0) is 16.1. The van der Waals surface area contributed by atoms with E-state index in [9.17, 15) is 0 Å². The van der Waals surface area contributed by atoms with E-state index in [1.54, 1.807) is 0 Å². The van der Waals surface area contributed by atoms with Crippen LogP contribution in [0.25, 0.3) is 0 Å². The van der Waals surface area contributed by atoms with Crippen LogP contribution in [0.1, 0.15) is 50.7 Å². The highest BCUT2D eigenvalue weighted by atomic mass is 127. The standard InChI is InChI=1S/C16H29N7.HI/c1-2-22-9-6-7-13(22)11-18-16(17)19-12-15-21-20-14-8-4-3-5-10-23(14)15;/h13H,2-12H2,1H3,(H3,17,18,19);1H. The molecular weight excluding hydrogens is 417 g/mol. The molecule has 0 spiro atoms. The zero-order valence-corrected chi connectivity index (χ0v) is 16.9. The number of rotatable bonds is 5. The molecule has 3 heterocycles. The first-order valence-electron chi connectivity index (χ1n) is 8.96. The predicted octanol–water partition coefficient (Wildman–Crippen LogP) is 1.51. The Morgan fingerprint density at radius 2 is 2.12 bits per heavy atom. The number of likely N-dealkylation sites (N-methyl/N-ethyl adjacent to an activating group) is 1. The molecule has 1 saturated heterocycles. The number of nitrogens with two attached hydrogens (primary N) is 1. The van der Waals surface area contributed by atoms with Gasteiger partial charge in [-0.05, 0) is 38.8 Å². The van der Waals surface area contributed by atoms with E-state index < -0.39 is 0 Å². The second kappa shape index (κ2) is 9.55. The molecule has 0 aromatic carbocycles. The van der Waals surface area contributed by atoms with Crippen LogP contribution in [0, 0.1) is 0 Å². The molecule has 1 aromatic rings. The number of guanidine groups is 1. The number of fused-ring (bicyclic) bond motifs is 1. The quantitative estimate of drug-likeness (QED) is 0.406. The van der Waals surface area contributed by atoms with Crippen LogP contribution in [0.5, 0.6) is 0 Å². The third kappa shape index (κ3) is 4.81. The third-order valence-corrected chi connectivity index (χ3v) is 5.00. The zero-order valence-electron chi connectivity index (χ0n) is 14.6. The summed E-state index contributed by atoms with van der Waals surface area (Å²) in [5, 5.41) is 11.9. The lowest BCUT2D eigenvalue weighted by molar-refractivity contribution is 0.267. The Morgan fingerprint density at radius 1 is 1.25 bits per heavy atom. The van der Waals surface area contributed by atoms with E-state index in [0.29, 0.717) is 18.5 Å². The molecule has 1 unspecified atom stereocenters. The summed E-state index contributed by atoms with van der Waals surface area (Å²) in [7, 11) is 0. The average Bonchev–Trinajstić information content (AvgIpc) is 3.11. The van der Waals surface area contributed by atoms with Crippen LogP contribution in [0.3, 0.4) is 0 Å². The smallest absolute Gasteiger partial charge is 0.189 e. The van der Waals surface area contributed by atoms with Gasteiger partial charge in [-0.25, -0.2) is 4.99 Å². The van der Waals surface area contributed by atoms with Crippen LogP contribution in [0.2, 0.25) is 0 Å². The number of aryl methyl sites for hydroxylation is 1. The maximum absolute atomic E-state index is 6.03. The van der Waals surface area contributed by atoms with Gasteiger partial charge in [0.1, 0.15) is 12.4 Å². The second-order valence-corrected chi connectivity index (χ2v) is 6.50. The van der Waals surface area contributed by atoms with Crippen molar-refractivity contribution < 1.29 is 0 Å². The lowest BCUT2D eigenvalue weighted by atomic mass is 10.2. The van der Waals surface area contributed by atoms with Crippen LogP contribution in [-0.2, 0) is 19.5 Å². The van der Waals surface area contributed by atoms with Crippen molar-refractivity contribution in [3.8, 4) is 0 Å². The second-order valence-electron chi connectivity index (χ2n) is 6.50.